The van der Waals surface area contributed by atoms with Gasteiger partial charge in [-0.2, -0.15) is 0 Å². The Bertz CT molecular complexity index is 626. The molecule has 0 saturated heterocycles. The first-order valence-corrected chi connectivity index (χ1v) is 7.89. The molecule has 1 fully saturated rings. The van der Waals surface area contributed by atoms with Gasteiger partial charge in [0.15, 0.2) is 0 Å². The maximum absolute atomic E-state index is 12.0. The van der Waals surface area contributed by atoms with Crippen LogP contribution in [0.15, 0.2) is 23.1 Å². The molecule has 1 saturated carbocycles. The molecular weight excluding hydrogens is 304 g/mol. The maximum atomic E-state index is 12.0. The molecule has 0 spiro atoms. The highest BCUT2D eigenvalue weighted by Crippen LogP contribution is 2.24. The minimum Gasteiger partial charge on any atom is -0.381 e. The molecule has 1 aliphatic carbocycles. The average molecular weight is 319 g/mol. The highest BCUT2D eigenvalue weighted by Gasteiger charge is 2.30. The number of ether oxygens (including phenoxy) is 1. The second-order valence-corrected chi connectivity index (χ2v) is 6.63. The Hall–Kier alpha value is -1.15. The summed E-state index contributed by atoms with van der Waals surface area (Å²) in [6.45, 7) is 0. The fourth-order valence-corrected chi connectivity index (χ4v) is 3.08. The van der Waals surface area contributed by atoms with E-state index < -0.39 is 10.0 Å². The lowest BCUT2D eigenvalue weighted by Crippen LogP contribution is -2.47. The summed E-state index contributed by atoms with van der Waals surface area (Å²) in [6.07, 6.45) is 1.67. The van der Waals surface area contributed by atoms with Crippen LogP contribution < -0.4 is 10.5 Å². The van der Waals surface area contributed by atoms with Crippen molar-refractivity contribution in [1.29, 1.82) is 0 Å². The number of hydrogen-bond acceptors (Lipinski definition) is 4. The number of carbonyl (C=O) groups is 1. The molecule has 20 heavy (non-hydrogen) atoms. The minimum absolute atomic E-state index is 0.00728. The molecule has 1 aliphatic rings. The van der Waals surface area contributed by atoms with Crippen molar-refractivity contribution in [1.82, 2.24) is 5.32 Å². The van der Waals surface area contributed by atoms with E-state index >= 15 is 0 Å². The third-order valence-corrected chi connectivity index (χ3v) is 4.66. The van der Waals surface area contributed by atoms with Crippen LogP contribution in [-0.2, 0) is 14.8 Å². The highest BCUT2D eigenvalue weighted by atomic mass is 35.5. The number of nitrogens with one attached hydrogen (secondary N) is 1. The van der Waals surface area contributed by atoms with Crippen LogP contribution in [0.4, 0.5) is 0 Å². The second-order valence-electron chi connectivity index (χ2n) is 4.69. The van der Waals surface area contributed by atoms with Crippen LogP contribution in [0.2, 0.25) is 5.02 Å². The van der Waals surface area contributed by atoms with Crippen molar-refractivity contribution in [2.75, 3.05) is 7.11 Å². The molecular formula is C12H15ClN2O4S. The summed E-state index contributed by atoms with van der Waals surface area (Å²) in [5.74, 6) is -0.355. The van der Waals surface area contributed by atoms with E-state index in [1.807, 2.05) is 0 Å². The number of primary sulfonamides is 1. The van der Waals surface area contributed by atoms with Gasteiger partial charge in [-0.25, -0.2) is 13.6 Å². The second kappa shape index (κ2) is 5.69. The molecule has 110 valence electrons. The van der Waals surface area contributed by atoms with Crippen LogP contribution in [0, 0.1) is 0 Å². The standard InChI is InChI=1S/C12H15ClN2O4S/c1-19-9-5-8(6-9)15-12(16)7-2-3-10(13)11(4-7)20(14,17)18/h2-4,8-9H,5-6H2,1H3,(H,15,16)(H2,14,17,18). The lowest BCUT2D eigenvalue weighted by Gasteiger charge is -2.34. The zero-order chi connectivity index (χ0) is 14.9. The molecule has 0 atom stereocenters. The minimum atomic E-state index is -3.95. The van der Waals surface area contributed by atoms with E-state index in [0.29, 0.717) is 0 Å². The van der Waals surface area contributed by atoms with Gasteiger partial charge in [0.1, 0.15) is 4.90 Å². The molecule has 0 aliphatic heterocycles. The van der Waals surface area contributed by atoms with Gasteiger partial charge in [0.2, 0.25) is 10.0 Å². The van der Waals surface area contributed by atoms with E-state index in [9.17, 15) is 13.2 Å². The first-order chi connectivity index (χ1) is 9.31. The number of hydrogen-bond donors (Lipinski definition) is 2. The largest absolute Gasteiger partial charge is 0.381 e. The van der Waals surface area contributed by atoms with Crippen LogP contribution in [-0.4, -0.2) is 33.6 Å². The highest BCUT2D eigenvalue weighted by molar-refractivity contribution is 7.89. The topological polar surface area (TPSA) is 98.5 Å². The fraction of sp³-hybridized carbons (Fsp3) is 0.417. The van der Waals surface area contributed by atoms with Crippen LogP contribution in [0.1, 0.15) is 23.2 Å². The number of nitrogens with two attached hydrogens (primary N) is 1. The van der Waals surface area contributed by atoms with Crippen molar-refractivity contribution in [2.45, 2.75) is 29.9 Å². The Morgan fingerprint density at radius 1 is 1.45 bits per heavy atom. The molecule has 0 radical (unpaired) electrons. The van der Waals surface area contributed by atoms with Gasteiger partial charge in [-0.05, 0) is 31.0 Å². The van der Waals surface area contributed by atoms with Gasteiger partial charge in [0.25, 0.3) is 5.91 Å². The van der Waals surface area contributed by atoms with E-state index in [-0.39, 0.29) is 33.5 Å². The maximum Gasteiger partial charge on any atom is 0.251 e. The summed E-state index contributed by atoms with van der Waals surface area (Å²) in [6, 6.07) is 4.02. The molecule has 0 unspecified atom stereocenters. The van der Waals surface area contributed by atoms with Crippen LogP contribution in [0.25, 0.3) is 0 Å². The quantitative estimate of drug-likeness (QED) is 0.861. The monoisotopic (exact) mass is 318 g/mol. The van der Waals surface area contributed by atoms with Crippen LogP contribution >= 0.6 is 11.6 Å². The Morgan fingerprint density at radius 2 is 2.10 bits per heavy atom. The zero-order valence-electron chi connectivity index (χ0n) is 10.8. The molecule has 0 bridgehead atoms. The molecule has 0 heterocycles. The summed E-state index contributed by atoms with van der Waals surface area (Å²) >= 11 is 5.76. The predicted octanol–water partition coefficient (Wildman–Crippen LogP) is 0.895. The van der Waals surface area contributed by atoms with Gasteiger partial charge in [0, 0.05) is 18.7 Å². The third kappa shape index (κ3) is 3.29. The molecule has 3 N–H and O–H groups in total. The molecule has 1 aromatic carbocycles. The summed E-state index contributed by atoms with van der Waals surface area (Å²) in [5, 5.41) is 7.83. The van der Waals surface area contributed by atoms with Gasteiger partial charge < -0.3 is 10.1 Å². The van der Waals surface area contributed by atoms with Crippen molar-refractivity contribution < 1.29 is 17.9 Å². The van der Waals surface area contributed by atoms with E-state index in [4.69, 9.17) is 21.5 Å². The fourth-order valence-electron chi connectivity index (χ4n) is 2.01. The van der Waals surface area contributed by atoms with Gasteiger partial charge in [-0.3, -0.25) is 4.79 Å². The molecule has 8 heteroatoms. The lowest BCUT2D eigenvalue weighted by atomic mass is 9.89. The normalized spacial score (nSPS) is 22.1. The lowest BCUT2D eigenvalue weighted by molar-refractivity contribution is 0.0176. The smallest absolute Gasteiger partial charge is 0.251 e. The van der Waals surface area contributed by atoms with Crippen molar-refractivity contribution in [2.24, 2.45) is 5.14 Å². The third-order valence-electron chi connectivity index (χ3n) is 3.26. The van der Waals surface area contributed by atoms with E-state index in [1.165, 1.54) is 18.2 Å². The van der Waals surface area contributed by atoms with Gasteiger partial charge in [0.05, 0.1) is 11.1 Å². The van der Waals surface area contributed by atoms with Crippen molar-refractivity contribution >= 4 is 27.5 Å². The average Bonchev–Trinajstić information content (AvgIpc) is 2.32. The number of methoxy groups -OCH3 is 1. The molecule has 2 rings (SSSR count). The molecule has 6 nitrogen and oxygen atoms in total. The first-order valence-electron chi connectivity index (χ1n) is 5.97. The summed E-state index contributed by atoms with van der Waals surface area (Å²) in [7, 11) is -2.33. The van der Waals surface area contributed by atoms with Crippen LogP contribution in [0.3, 0.4) is 0 Å². The van der Waals surface area contributed by atoms with Gasteiger partial charge >= 0.3 is 0 Å². The molecule has 1 amide bonds. The summed E-state index contributed by atoms with van der Waals surface area (Å²) in [4.78, 5) is 11.7. The van der Waals surface area contributed by atoms with Gasteiger partial charge in [-0.15, -0.1) is 0 Å². The Morgan fingerprint density at radius 3 is 2.65 bits per heavy atom. The Labute approximate surface area is 122 Å². The van der Waals surface area contributed by atoms with Crippen molar-refractivity contribution in [3.05, 3.63) is 28.8 Å². The number of halogens is 1. The Balaban J connectivity index is 2.11. The number of sulfonamides is 1. The number of benzene rings is 1. The predicted molar refractivity (Wildman–Crippen MR) is 74.1 cm³/mol. The van der Waals surface area contributed by atoms with E-state index in [2.05, 4.69) is 5.32 Å². The number of carbonyl (C=O) groups excluding carboxylic acids is 1. The van der Waals surface area contributed by atoms with Gasteiger partial charge in [-0.1, -0.05) is 11.6 Å². The van der Waals surface area contributed by atoms with Crippen LogP contribution in [0.5, 0.6) is 0 Å². The summed E-state index contributed by atoms with van der Waals surface area (Å²) in [5.41, 5.74) is 0.208. The Kier molecular flexibility index (Phi) is 4.33. The zero-order valence-corrected chi connectivity index (χ0v) is 12.4. The van der Waals surface area contributed by atoms with Crippen molar-refractivity contribution in [3.63, 3.8) is 0 Å². The SMILES string of the molecule is COC1CC(NC(=O)c2ccc(Cl)c(S(N)(=O)=O)c2)C1. The van der Waals surface area contributed by atoms with E-state index in [0.717, 1.165) is 12.8 Å². The first kappa shape index (κ1) is 15.2. The molecule has 0 aromatic heterocycles. The number of amides is 1. The van der Waals surface area contributed by atoms with E-state index in [1.54, 1.807) is 7.11 Å². The number of rotatable bonds is 4. The summed E-state index contributed by atoms with van der Waals surface area (Å²) < 4.78 is 27.8. The van der Waals surface area contributed by atoms with Crippen molar-refractivity contribution in [3.8, 4) is 0 Å². The molecule has 1 aromatic rings.